The quantitative estimate of drug-likeness (QED) is 0.421. The van der Waals surface area contributed by atoms with E-state index in [9.17, 15) is 0 Å². The molecule has 24 heavy (non-hydrogen) atoms. The van der Waals surface area contributed by atoms with E-state index in [0.29, 0.717) is 5.41 Å². The highest BCUT2D eigenvalue weighted by Gasteiger charge is 2.48. The summed E-state index contributed by atoms with van der Waals surface area (Å²) in [5.74, 6) is 0.744. The van der Waals surface area contributed by atoms with E-state index in [1.54, 1.807) is 0 Å². The first-order chi connectivity index (χ1) is 11.5. The molecule has 0 radical (unpaired) electrons. The van der Waals surface area contributed by atoms with Gasteiger partial charge in [-0.3, -0.25) is 4.40 Å². The molecule has 2 atom stereocenters. The topological polar surface area (TPSA) is 17.3 Å². The summed E-state index contributed by atoms with van der Waals surface area (Å²) >= 11 is 0. The van der Waals surface area contributed by atoms with Crippen molar-refractivity contribution in [1.82, 2.24) is 9.38 Å². The Hall–Kier alpha value is -2.35. The summed E-state index contributed by atoms with van der Waals surface area (Å²) < 4.78 is 2.28. The standard InChI is InChI=1S/C22H22N2/c1-13-10-14(2)20-17(11-13)16-6-5-7-18(22(4)12-15(22)3)19(16)21-23-8-9-24(20)21/h5-11,15H,12H2,1-4H3/t15-,22?/m0/s1. The van der Waals surface area contributed by atoms with Crippen molar-refractivity contribution in [3.05, 3.63) is 59.4 Å². The first kappa shape index (κ1) is 14.0. The van der Waals surface area contributed by atoms with Crippen LogP contribution in [0.2, 0.25) is 0 Å². The Morgan fingerprint density at radius 1 is 1.17 bits per heavy atom. The van der Waals surface area contributed by atoms with Crippen molar-refractivity contribution < 1.29 is 0 Å². The van der Waals surface area contributed by atoms with Crippen LogP contribution in [0.15, 0.2) is 42.7 Å². The number of aryl methyl sites for hydroxylation is 2. The van der Waals surface area contributed by atoms with Crippen LogP contribution < -0.4 is 0 Å². The minimum atomic E-state index is 0.290. The van der Waals surface area contributed by atoms with Gasteiger partial charge in [0.05, 0.1) is 5.52 Å². The lowest BCUT2D eigenvalue weighted by Gasteiger charge is -2.18. The van der Waals surface area contributed by atoms with Crippen molar-refractivity contribution in [3.63, 3.8) is 0 Å². The lowest BCUT2D eigenvalue weighted by atomic mass is 9.89. The van der Waals surface area contributed by atoms with E-state index in [-0.39, 0.29) is 0 Å². The van der Waals surface area contributed by atoms with E-state index in [0.717, 1.165) is 11.6 Å². The summed E-state index contributed by atoms with van der Waals surface area (Å²) in [4.78, 5) is 4.75. The molecule has 0 bridgehead atoms. The number of hydrogen-bond acceptors (Lipinski definition) is 1. The maximum atomic E-state index is 4.75. The van der Waals surface area contributed by atoms with Gasteiger partial charge in [-0.25, -0.2) is 4.98 Å². The van der Waals surface area contributed by atoms with Gasteiger partial charge in [-0.2, -0.15) is 0 Å². The minimum absolute atomic E-state index is 0.290. The lowest BCUT2D eigenvalue weighted by molar-refractivity contribution is 0.708. The molecule has 5 rings (SSSR count). The third-order valence-electron chi connectivity index (χ3n) is 6.18. The van der Waals surface area contributed by atoms with E-state index in [4.69, 9.17) is 4.98 Å². The van der Waals surface area contributed by atoms with Crippen molar-refractivity contribution in [1.29, 1.82) is 0 Å². The van der Waals surface area contributed by atoms with Gasteiger partial charge in [0.25, 0.3) is 0 Å². The van der Waals surface area contributed by atoms with Crippen LogP contribution in [-0.4, -0.2) is 9.38 Å². The van der Waals surface area contributed by atoms with Crippen molar-refractivity contribution in [2.45, 2.75) is 39.5 Å². The number of fused-ring (bicyclic) bond motifs is 6. The van der Waals surface area contributed by atoms with Crippen LogP contribution in [0.25, 0.3) is 27.3 Å². The summed E-state index contributed by atoms with van der Waals surface area (Å²) in [6.07, 6.45) is 5.31. The fourth-order valence-corrected chi connectivity index (χ4v) is 4.60. The van der Waals surface area contributed by atoms with Gasteiger partial charge in [0.1, 0.15) is 5.65 Å². The van der Waals surface area contributed by atoms with E-state index in [2.05, 4.69) is 68.6 Å². The van der Waals surface area contributed by atoms with Crippen molar-refractivity contribution >= 4 is 27.3 Å². The maximum Gasteiger partial charge on any atom is 0.145 e. The summed E-state index contributed by atoms with van der Waals surface area (Å²) in [7, 11) is 0. The fourth-order valence-electron chi connectivity index (χ4n) is 4.60. The average molecular weight is 314 g/mol. The Labute approximate surface area is 142 Å². The van der Waals surface area contributed by atoms with Gasteiger partial charge in [-0.15, -0.1) is 0 Å². The SMILES string of the molecule is Cc1cc(C)c2c(c1)c1cccc(C3(C)C[C@@H]3C)c1c1nccn12. The van der Waals surface area contributed by atoms with Crippen LogP contribution in [0.1, 0.15) is 37.0 Å². The van der Waals surface area contributed by atoms with Gasteiger partial charge in [0.15, 0.2) is 0 Å². The molecule has 1 aliphatic rings. The Balaban J connectivity index is 2.08. The first-order valence-corrected chi connectivity index (χ1v) is 8.80. The highest BCUT2D eigenvalue weighted by molar-refractivity contribution is 6.14. The Kier molecular flexibility index (Phi) is 2.56. The molecular formula is C22H22N2. The van der Waals surface area contributed by atoms with Crippen LogP contribution in [0.4, 0.5) is 0 Å². The van der Waals surface area contributed by atoms with Crippen LogP contribution >= 0.6 is 0 Å². The molecule has 2 aromatic carbocycles. The lowest BCUT2D eigenvalue weighted by Crippen LogP contribution is -2.06. The van der Waals surface area contributed by atoms with Gasteiger partial charge < -0.3 is 0 Å². The van der Waals surface area contributed by atoms with Crippen LogP contribution in [0.5, 0.6) is 0 Å². The number of imidazole rings is 1. The first-order valence-electron chi connectivity index (χ1n) is 8.80. The molecule has 2 aromatic heterocycles. The van der Waals surface area contributed by atoms with Gasteiger partial charge >= 0.3 is 0 Å². The van der Waals surface area contributed by atoms with Crippen molar-refractivity contribution in [2.24, 2.45) is 5.92 Å². The number of pyridine rings is 1. The Bertz CT molecular complexity index is 1140. The minimum Gasteiger partial charge on any atom is -0.299 e. The summed E-state index contributed by atoms with van der Waals surface area (Å²) in [6, 6.07) is 11.4. The molecule has 0 amide bonds. The van der Waals surface area contributed by atoms with E-state index in [1.807, 2.05) is 6.20 Å². The molecule has 2 nitrogen and oxygen atoms in total. The Morgan fingerprint density at radius 2 is 1.96 bits per heavy atom. The maximum absolute atomic E-state index is 4.75. The van der Waals surface area contributed by atoms with Gasteiger partial charge in [0.2, 0.25) is 0 Å². The molecule has 0 saturated heterocycles. The van der Waals surface area contributed by atoms with Crippen molar-refractivity contribution in [2.75, 3.05) is 0 Å². The summed E-state index contributed by atoms with van der Waals surface area (Å²) in [5.41, 5.74) is 6.76. The molecule has 0 N–H and O–H groups in total. The second-order valence-electron chi connectivity index (χ2n) is 7.85. The number of nitrogens with zero attached hydrogens (tertiary/aromatic N) is 2. The monoisotopic (exact) mass is 314 g/mol. The number of rotatable bonds is 1. The zero-order valence-corrected chi connectivity index (χ0v) is 14.7. The molecule has 1 saturated carbocycles. The molecule has 4 aromatic rings. The predicted molar refractivity (Wildman–Crippen MR) is 101 cm³/mol. The van der Waals surface area contributed by atoms with Crippen LogP contribution in [0.3, 0.4) is 0 Å². The second kappa shape index (κ2) is 4.38. The molecule has 1 fully saturated rings. The third kappa shape index (κ3) is 1.64. The molecule has 0 aliphatic heterocycles. The van der Waals surface area contributed by atoms with Crippen LogP contribution in [0, 0.1) is 19.8 Å². The number of benzene rings is 2. The van der Waals surface area contributed by atoms with Gasteiger partial charge in [-0.1, -0.05) is 43.7 Å². The fraction of sp³-hybridized carbons (Fsp3) is 0.318. The van der Waals surface area contributed by atoms with E-state index < -0.39 is 0 Å². The largest absolute Gasteiger partial charge is 0.299 e. The predicted octanol–water partition coefficient (Wildman–Crippen LogP) is 5.56. The number of aromatic nitrogens is 2. The summed E-state index contributed by atoms with van der Waals surface area (Å²) in [6.45, 7) is 9.15. The van der Waals surface area contributed by atoms with Gasteiger partial charge in [-0.05, 0) is 54.2 Å². The molecule has 1 unspecified atom stereocenters. The highest BCUT2D eigenvalue weighted by Crippen LogP contribution is 2.55. The van der Waals surface area contributed by atoms with Gasteiger partial charge in [0, 0.05) is 23.2 Å². The number of hydrogen-bond donors (Lipinski definition) is 0. The Morgan fingerprint density at radius 3 is 2.71 bits per heavy atom. The normalized spacial score (nSPS) is 23.4. The average Bonchev–Trinajstić information content (AvgIpc) is 2.96. The van der Waals surface area contributed by atoms with Crippen molar-refractivity contribution in [3.8, 4) is 0 Å². The highest BCUT2D eigenvalue weighted by atomic mass is 15.0. The van der Waals surface area contributed by atoms with E-state index >= 15 is 0 Å². The van der Waals surface area contributed by atoms with E-state index in [1.165, 1.54) is 44.8 Å². The third-order valence-corrected chi connectivity index (χ3v) is 6.18. The molecule has 2 heteroatoms. The molecule has 2 heterocycles. The zero-order chi connectivity index (χ0) is 16.6. The second-order valence-corrected chi connectivity index (χ2v) is 7.85. The van der Waals surface area contributed by atoms with Crippen LogP contribution in [-0.2, 0) is 5.41 Å². The molecule has 0 spiro atoms. The smallest absolute Gasteiger partial charge is 0.145 e. The zero-order valence-electron chi connectivity index (χ0n) is 14.7. The molecule has 120 valence electrons. The molecular weight excluding hydrogens is 292 g/mol. The summed E-state index contributed by atoms with van der Waals surface area (Å²) in [5, 5.41) is 4.02. The molecule has 1 aliphatic carbocycles.